The van der Waals surface area contributed by atoms with E-state index in [9.17, 15) is 0 Å². The predicted octanol–water partition coefficient (Wildman–Crippen LogP) is 5.55. The molecule has 4 aromatic carbocycles. The molecule has 2 N–H and O–H groups in total. The summed E-state index contributed by atoms with van der Waals surface area (Å²) in [6.07, 6.45) is 0. The Bertz CT molecular complexity index is 956. The zero-order valence-electron chi connectivity index (χ0n) is 13.4. The highest BCUT2D eigenvalue weighted by Crippen LogP contribution is 2.27. The van der Waals surface area contributed by atoms with Crippen LogP contribution in [0.3, 0.4) is 0 Å². The minimum atomic E-state index is -0.0862. The molecule has 24 heavy (non-hydrogen) atoms. The van der Waals surface area contributed by atoms with E-state index in [-0.39, 0.29) is 6.04 Å². The van der Waals surface area contributed by atoms with Gasteiger partial charge in [-0.3, -0.25) is 0 Å². The Labute approximate surface area is 142 Å². The molecule has 0 radical (unpaired) electrons. The van der Waals surface area contributed by atoms with E-state index in [0.717, 1.165) is 11.1 Å². The van der Waals surface area contributed by atoms with Crippen molar-refractivity contribution >= 4 is 10.8 Å². The lowest BCUT2D eigenvalue weighted by Crippen LogP contribution is -2.11. The van der Waals surface area contributed by atoms with Gasteiger partial charge in [0.1, 0.15) is 0 Å². The third-order valence-electron chi connectivity index (χ3n) is 4.51. The van der Waals surface area contributed by atoms with Crippen LogP contribution in [0.5, 0.6) is 0 Å². The first kappa shape index (κ1) is 14.7. The molecule has 0 saturated heterocycles. The molecule has 0 aliphatic carbocycles. The van der Waals surface area contributed by atoms with E-state index < -0.39 is 0 Å². The molecule has 0 saturated carbocycles. The maximum atomic E-state index is 6.38. The molecular weight excluding hydrogens is 290 g/mol. The van der Waals surface area contributed by atoms with Gasteiger partial charge in [-0.25, -0.2) is 0 Å². The minimum absolute atomic E-state index is 0.0862. The number of fused-ring (bicyclic) bond motifs is 1. The van der Waals surface area contributed by atoms with Crippen LogP contribution in [0.25, 0.3) is 21.9 Å². The Balaban J connectivity index is 1.65. The summed E-state index contributed by atoms with van der Waals surface area (Å²) in [7, 11) is 0. The molecule has 0 amide bonds. The number of hydrogen-bond donors (Lipinski definition) is 1. The molecule has 0 aliphatic rings. The van der Waals surface area contributed by atoms with Gasteiger partial charge in [-0.1, -0.05) is 91.0 Å². The molecule has 0 fully saturated rings. The molecule has 4 rings (SSSR count). The third-order valence-corrected chi connectivity index (χ3v) is 4.51. The van der Waals surface area contributed by atoms with E-state index in [2.05, 4.69) is 78.9 Å². The van der Waals surface area contributed by atoms with Crippen LogP contribution in [0.1, 0.15) is 17.2 Å². The van der Waals surface area contributed by atoms with Crippen molar-refractivity contribution in [2.75, 3.05) is 0 Å². The van der Waals surface area contributed by atoms with Crippen LogP contribution in [-0.2, 0) is 0 Å². The second kappa shape index (κ2) is 6.31. The lowest BCUT2D eigenvalue weighted by atomic mass is 9.96. The van der Waals surface area contributed by atoms with Crippen LogP contribution in [0.2, 0.25) is 0 Å². The summed E-state index contributed by atoms with van der Waals surface area (Å²) < 4.78 is 0. The van der Waals surface area contributed by atoms with E-state index in [0.29, 0.717) is 0 Å². The first-order chi connectivity index (χ1) is 11.8. The Hall–Kier alpha value is -2.90. The van der Waals surface area contributed by atoms with Gasteiger partial charge in [0.05, 0.1) is 6.04 Å². The molecular formula is C23H19N. The van der Waals surface area contributed by atoms with Crippen molar-refractivity contribution in [1.82, 2.24) is 0 Å². The SMILES string of the molecule is NC(c1ccccc1)c1ccc(-c2ccc3ccccc3c2)cc1. The number of hydrogen-bond acceptors (Lipinski definition) is 1. The summed E-state index contributed by atoms with van der Waals surface area (Å²) in [5.41, 5.74) is 11.1. The third kappa shape index (κ3) is 2.82. The highest BCUT2D eigenvalue weighted by molar-refractivity contribution is 5.87. The van der Waals surface area contributed by atoms with Gasteiger partial charge in [0.25, 0.3) is 0 Å². The van der Waals surface area contributed by atoms with E-state index in [1.54, 1.807) is 0 Å². The zero-order chi connectivity index (χ0) is 16.4. The lowest BCUT2D eigenvalue weighted by molar-refractivity contribution is 0.872. The average molecular weight is 309 g/mol. The summed E-state index contributed by atoms with van der Waals surface area (Å²) in [4.78, 5) is 0. The normalized spacial score (nSPS) is 12.2. The van der Waals surface area contributed by atoms with Crippen LogP contribution in [0, 0.1) is 0 Å². The molecule has 0 aliphatic heterocycles. The highest BCUT2D eigenvalue weighted by Gasteiger charge is 2.08. The number of nitrogens with two attached hydrogens (primary N) is 1. The number of rotatable bonds is 3. The van der Waals surface area contributed by atoms with E-state index in [1.807, 2.05) is 18.2 Å². The molecule has 0 spiro atoms. The summed E-state index contributed by atoms with van der Waals surface area (Å²) in [6, 6.07) is 33.7. The van der Waals surface area contributed by atoms with Gasteiger partial charge in [-0.2, -0.15) is 0 Å². The quantitative estimate of drug-likeness (QED) is 0.527. The van der Waals surface area contributed by atoms with Gasteiger partial charge in [-0.15, -0.1) is 0 Å². The first-order valence-electron chi connectivity index (χ1n) is 8.21. The monoisotopic (exact) mass is 309 g/mol. The maximum absolute atomic E-state index is 6.38. The van der Waals surface area contributed by atoms with Crippen molar-refractivity contribution in [1.29, 1.82) is 0 Å². The lowest BCUT2D eigenvalue weighted by Gasteiger charge is -2.13. The van der Waals surface area contributed by atoms with Gasteiger partial charge in [-0.05, 0) is 39.1 Å². The second-order valence-electron chi connectivity index (χ2n) is 6.07. The Morgan fingerprint density at radius 2 is 1.08 bits per heavy atom. The predicted molar refractivity (Wildman–Crippen MR) is 102 cm³/mol. The van der Waals surface area contributed by atoms with Crippen LogP contribution in [0.15, 0.2) is 97.1 Å². The van der Waals surface area contributed by atoms with Crippen LogP contribution >= 0.6 is 0 Å². The maximum Gasteiger partial charge on any atom is 0.0551 e. The first-order valence-corrected chi connectivity index (χ1v) is 8.21. The van der Waals surface area contributed by atoms with Crippen molar-refractivity contribution in [3.8, 4) is 11.1 Å². The fourth-order valence-electron chi connectivity index (χ4n) is 3.10. The fraction of sp³-hybridized carbons (Fsp3) is 0.0435. The summed E-state index contributed by atoms with van der Waals surface area (Å²) in [5.74, 6) is 0. The van der Waals surface area contributed by atoms with E-state index >= 15 is 0 Å². The zero-order valence-corrected chi connectivity index (χ0v) is 13.4. The summed E-state index contributed by atoms with van der Waals surface area (Å²) in [6.45, 7) is 0. The van der Waals surface area contributed by atoms with E-state index in [1.165, 1.54) is 21.9 Å². The second-order valence-corrected chi connectivity index (χ2v) is 6.07. The smallest absolute Gasteiger partial charge is 0.0551 e. The van der Waals surface area contributed by atoms with Gasteiger partial charge in [0.15, 0.2) is 0 Å². The Morgan fingerprint density at radius 3 is 1.83 bits per heavy atom. The molecule has 4 aromatic rings. The van der Waals surface area contributed by atoms with Crippen molar-refractivity contribution in [2.24, 2.45) is 5.73 Å². The molecule has 0 heterocycles. The van der Waals surface area contributed by atoms with Crippen molar-refractivity contribution < 1.29 is 0 Å². The summed E-state index contributed by atoms with van der Waals surface area (Å²) >= 11 is 0. The Morgan fingerprint density at radius 1 is 0.500 bits per heavy atom. The van der Waals surface area contributed by atoms with Crippen molar-refractivity contribution in [2.45, 2.75) is 6.04 Å². The average Bonchev–Trinajstić information content (AvgIpc) is 2.68. The molecule has 1 unspecified atom stereocenters. The topological polar surface area (TPSA) is 26.0 Å². The highest BCUT2D eigenvalue weighted by atomic mass is 14.6. The van der Waals surface area contributed by atoms with E-state index in [4.69, 9.17) is 5.73 Å². The molecule has 0 aromatic heterocycles. The van der Waals surface area contributed by atoms with Crippen molar-refractivity contribution in [3.05, 3.63) is 108 Å². The van der Waals surface area contributed by atoms with Gasteiger partial charge >= 0.3 is 0 Å². The largest absolute Gasteiger partial charge is 0.320 e. The van der Waals surface area contributed by atoms with Crippen LogP contribution in [0.4, 0.5) is 0 Å². The molecule has 0 bridgehead atoms. The minimum Gasteiger partial charge on any atom is -0.320 e. The van der Waals surface area contributed by atoms with Gasteiger partial charge < -0.3 is 5.73 Å². The molecule has 1 nitrogen and oxygen atoms in total. The molecule has 1 atom stereocenters. The standard InChI is InChI=1S/C23H19N/c24-23(19-7-2-1-3-8-19)20-13-10-18(11-14-20)22-15-12-17-6-4-5-9-21(17)16-22/h1-16,23H,24H2. The van der Waals surface area contributed by atoms with Crippen LogP contribution < -0.4 is 5.73 Å². The Kier molecular flexibility index (Phi) is 3.86. The van der Waals surface area contributed by atoms with Gasteiger partial charge in [0.2, 0.25) is 0 Å². The van der Waals surface area contributed by atoms with Crippen LogP contribution in [-0.4, -0.2) is 0 Å². The number of benzene rings is 4. The molecule has 1 heteroatoms. The van der Waals surface area contributed by atoms with Gasteiger partial charge in [0, 0.05) is 0 Å². The van der Waals surface area contributed by atoms with Crippen molar-refractivity contribution in [3.63, 3.8) is 0 Å². The molecule has 116 valence electrons. The fourth-order valence-corrected chi connectivity index (χ4v) is 3.10. The summed E-state index contributed by atoms with van der Waals surface area (Å²) in [5, 5.41) is 2.53.